The standard InChI is InChI=1S/C18H30N4O.HI/c1-14(2)16(15-7-5-9-20-11-15)12-21-17(19-4)22-13-18(3)8-6-10-23-18;/h5,7,9,11,14,16H,6,8,10,12-13H2,1-4H3,(H2,19,21,22);1H. The number of pyridine rings is 1. The molecule has 1 saturated heterocycles. The van der Waals surface area contributed by atoms with E-state index in [1.165, 1.54) is 5.56 Å². The van der Waals surface area contributed by atoms with Gasteiger partial charge in [0.15, 0.2) is 5.96 Å². The molecule has 6 heteroatoms. The highest BCUT2D eigenvalue weighted by atomic mass is 127. The predicted octanol–water partition coefficient (Wildman–Crippen LogP) is 3.17. The molecule has 2 heterocycles. The van der Waals surface area contributed by atoms with Crippen molar-refractivity contribution in [1.29, 1.82) is 0 Å². The van der Waals surface area contributed by atoms with E-state index in [2.05, 4.69) is 47.4 Å². The van der Waals surface area contributed by atoms with E-state index >= 15 is 0 Å². The summed E-state index contributed by atoms with van der Waals surface area (Å²) in [6.45, 7) is 9.12. The molecular weight excluding hydrogens is 415 g/mol. The second-order valence-corrected chi connectivity index (χ2v) is 6.85. The van der Waals surface area contributed by atoms with E-state index in [-0.39, 0.29) is 29.6 Å². The summed E-state index contributed by atoms with van der Waals surface area (Å²) in [7, 11) is 1.81. The van der Waals surface area contributed by atoms with Gasteiger partial charge in [0.25, 0.3) is 0 Å². The van der Waals surface area contributed by atoms with E-state index in [1.807, 2.05) is 25.5 Å². The first kappa shape index (κ1) is 21.2. The Hall–Kier alpha value is -0.890. The number of nitrogens with one attached hydrogen (secondary N) is 2. The Balaban J connectivity index is 0.00000288. The number of aromatic nitrogens is 1. The molecule has 136 valence electrons. The van der Waals surface area contributed by atoms with Gasteiger partial charge in [-0.3, -0.25) is 9.98 Å². The maximum absolute atomic E-state index is 5.81. The molecule has 2 atom stereocenters. The Labute approximate surface area is 163 Å². The van der Waals surface area contributed by atoms with Gasteiger partial charge in [0.2, 0.25) is 0 Å². The van der Waals surface area contributed by atoms with E-state index in [4.69, 9.17) is 4.74 Å². The fourth-order valence-electron chi connectivity index (χ4n) is 3.01. The molecule has 1 aromatic rings. The zero-order valence-corrected chi connectivity index (χ0v) is 17.5. The Bertz CT molecular complexity index is 501. The lowest BCUT2D eigenvalue weighted by Crippen LogP contribution is -2.46. The minimum atomic E-state index is -0.0710. The zero-order chi connectivity index (χ0) is 16.7. The van der Waals surface area contributed by atoms with E-state index in [0.29, 0.717) is 11.8 Å². The SMILES string of the molecule is CN=C(NCC(c1cccnc1)C(C)C)NCC1(C)CCCO1.I. The van der Waals surface area contributed by atoms with Gasteiger partial charge in [0.05, 0.1) is 5.60 Å². The number of hydrogen-bond acceptors (Lipinski definition) is 3. The molecule has 0 aliphatic carbocycles. The van der Waals surface area contributed by atoms with Crippen LogP contribution in [-0.2, 0) is 4.74 Å². The maximum atomic E-state index is 5.81. The van der Waals surface area contributed by atoms with Crippen molar-refractivity contribution in [3.63, 3.8) is 0 Å². The van der Waals surface area contributed by atoms with Gasteiger partial charge in [0, 0.05) is 45.1 Å². The summed E-state index contributed by atoms with van der Waals surface area (Å²) < 4.78 is 5.81. The monoisotopic (exact) mass is 446 g/mol. The molecule has 1 aliphatic heterocycles. The number of ether oxygens (including phenoxy) is 1. The molecule has 1 aromatic heterocycles. The molecule has 2 N–H and O–H groups in total. The van der Waals surface area contributed by atoms with Gasteiger partial charge in [-0.15, -0.1) is 24.0 Å². The number of guanidine groups is 1. The van der Waals surface area contributed by atoms with Gasteiger partial charge in [-0.25, -0.2) is 0 Å². The van der Waals surface area contributed by atoms with Crippen LogP contribution in [0.1, 0.15) is 45.1 Å². The van der Waals surface area contributed by atoms with Crippen LogP contribution in [-0.4, -0.2) is 43.3 Å². The largest absolute Gasteiger partial charge is 0.373 e. The first-order chi connectivity index (χ1) is 11.0. The lowest BCUT2D eigenvalue weighted by atomic mass is 9.89. The minimum Gasteiger partial charge on any atom is -0.373 e. The van der Waals surface area contributed by atoms with Crippen molar-refractivity contribution in [3.05, 3.63) is 30.1 Å². The normalized spacial score (nSPS) is 22.1. The van der Waals surface area contributed by atoms with Crippen LogP contribution in [0.2, 0.25) is 0 Å². The molecule has 0 spiro atoms. The lowest BCUT2D eigenvalue weighted by Gasteiger charge is -2.26. The van der Waals surface area contributed by atoms with Crippen LogP contribution in [0.4, 0.5) is 0 Å². The smallest absolute Gasteiger partial charge is 0.191 e. The van der Waals surface area contributed by atoms with Crippen molar-refractivity contribution in [2.75, 3.05) is 26.7 Å². The molecule has 1 fully saturated rings. The highest BCUT2D eigenvalue weighted by molar-refractivity contribution is 14.0. The summed E-state index contributed by atoms with van der Waals surface area (Å²) in [5, 5.41) is 6.84. The van der Waals surface area contributed by atoms with Gasteiger partial charge in [0.1, 0.15) is 0 Å². The Morgan fingerprint density at radius 3 is 2.75 bits per heavy atom. The number of nitrogens with zero attached hydrogens (tertiary/aromatic N) is 2. The molecule has 0 amide bonds. The van der Waals surface area contributed by atoms with Gasteiger partial charge < -0.3 is 15.4 Å². The average Bonchev–Trinajstić information content (AvgIpc) is 2.98. The van der Waals surface area contributed by atoms with Crippen LogP contribution >= 0.6 is 24.0 Å². The Kier molecular flexibility index (Phi) is 8.97. The molecule has 2 unspecified atom stereocenters. The van der Waals surface area contributed by atoms with E-state index in [1.54, 1.807) is 0 Å². The summed E-state index contributed by atoms with van der Waals surface area (Å²) in [6.07, 6.45) is 6.01. The van der Waals surface area contributed by atoms with E-state index in [0.717, 1.165) is 38.5 Å². The van der Waals surface area contributed by atoms with Crippen molar-refractivity contribution >= 4 is 29.9 Å². The number of hydrogen-bond donors (Lipinski definition) is 2. The lowest BCUT2D eigenvalue weighted by molar-refractivity contribution is 0.0243. The van der Waals surface area contributed by atoms with Crippen LogP contribution in [0.15, 0.2) is 29.5 Å². The van der Waals surface area contributed by atoms with Crippen molar-refractivity contribution < 1.29 is 4.74 Å². The van der Waals surface area contributed by atoms with Crippen molar-refractivity contribution in [3.8, 4) is 0 Å². The average molecular weight is 446 g/mol. The molecule has 0 aromatic carbocycles. The molecular formula is C18H31IN4O. The second-order valence-electron chi connectivity index (χ2n) is 6.85. The quantitative estimate of drug-likeness (QED) is 0.401. The fraction of sp³-hybridized carbons (Fsp3) is 0.667. The van der Waals surface area contributed by atoms with Crippen LogP contribution < -0.4 is 10.6 Å². The molecule has 0 saturated carbocycles. The summed E-state index contributed by atoms with van der Waals surface area (Å²) in [6, 6.07) is 4.14. The predicted molar refractivity (Wildman–Crippen MR) is 110 cm³/mol. The summed E-state index contributed by atoms with van der Waals surface area (Å²) >= 11 is 0. The minimum absolute atomic E-state index is 0. The zero-order valence-electron chi connectivity index (χ0n) is 15.2. The first-order valence-corrected chi connectivity index (χ1v) is 8.52. The van der Waals surface area contributed by atoms with Gasteiger partial charge in [-0.1, -0.05) is 19.9 Å². The molecule has 1 aliphatic rings. The number of rotatable bonds is 6. The van der Waals surface area contributed by atoms with E-state index < -0.39 is 0 Å². The van der Waals surface area contributed by atoms with Crippen LogP contribution in [0.3, 0.4) is 0 Å². The maximum Gasteiger partial charge on any atom is 0.191 e. The molecule has 0 radical (unpaired) electrons. The van der Waals surface area contributed by atoms with E-state index in [9.17, 15) is 0 Å². The fourth-order valence-corrected chi connectivity index (χ4v) is 3.01. The summed E-state index contributed by atoms with van der Waals surface area (Å²) in [5.74, 6) is 1.76. The Morgan fingerprint density at radius 2 is 2.21 bits per heavy atom. The second kappa shape index (κ2) is 10.2. The molecule has 24 heavy (non-hydrogen) atoms. The van der Waals surface area contributed by atoms with Crippen LogP contribution in [0.5, 0.6) is 0 Å². The van der Waals surface area contributed by atoms with Crippen molar-refractivity contribution in [2.24, 2.45) is 10.9 Å². The highest BCUT2D eigenvalue weighted by Crippen LogP contribution is 2.24. The van der Waals surface area contributed by atoms with Crippen LogP contribution in [0.25, 0.3) is 0 Å². The molecule has 5 nitrogen and oxygen atoms in total. The van der Waals surface area contributed by atoms with Crippen molar-refractivity contribution in [1.82, 2.24) is 15.6 Å². The van der Waals surface area contributed by atoms with Gasteiger partial charge >= 0.3 is 0 Å². The van der Waals surface area contributed by atoms with Gasteiger partial charge in [-0.05, 0) is 37.3 Å². The highest BCUT2D eigenvalue weighted by Gasteiger charge is 2.29. The third-order valence-corrected chi connectivity index (χ3v) is 4.56. The first-order valence-electron chi connectivity index (χ1n) is 8.52. The van der Waals surface area contributed by atoms with Gasteiger partial charge in [-0.2, -0.15) is 0 Å². The third-order valence-electron chi connectivity index (χ3n) is 4.56. The molecule has 0 bridgehead atoms. The number of halogens is 1. The third kappa shape index (κ3) is 6.20. The number of aliphatic imine (C=N–C) groups is 1. The summed E-state index contributed by atoms with van der Waals surface area (Å²) in [5.41, 5.74) is 1.19. The molecule has 2 rings (SSSR count). The van der Waals surface area contributed by atoms with Crippen LogP contribution in [0, 0.1) is 5.92 Å². The topological polar surface area (TPSA) is 58.5 Å². The Morgan fingerprint density at radius 1 is 1.42 bits per heavy atom. The summed E-state index contributed by atoms with van der Waals surface area (Å²) in [4.78, 5) is 8.57. The van der Waals surface area contributed by atoms with Crippen molar-refractivity contribution in [2.45, 2.75) is 45.1 Å².